The van der Waals surface area contributed by atoms with E-state index in [4.69, 9.17) is 4.74 Å². The molecule has 158 valence electrons. The minimum atomic E-state index is -0.790. The van der Waals surface area contributed by atoms with E-state index in [2.05, 4.69) is 15.7 Å². The maximum absolute atomic E-state index is 13.0. The van der Waals surface area contributed by atoms with Gasteiger partial charge >= 0.3 is 0 Å². The molecule has 8 nitrogen and oxygen atoms in total. The van der Waals surface area contributed by atoms with Crippen LogP contribution in [0.4, 0.5) is 11.5 Å². The van der Waals surface area contributed by atoms with Crippen LogP contribution in [0.25, 0.3) is 11.3 Å². The van der Waals surface area contributed by atoms with Gasteiger partial charge in [-0.15, -0.1) is 0 Å². The molecule has 2 N–H and O–H groups in total. The number of anilines is 2. The molecule has 2 aromatic carbocycles. The second kappa shape index (κ2) is 8.06. The molecule has 1 aliphatic rings. The molecular weight excluding hydrogens is 396 g/mol. The number of benzene rings is 2. The number of nitrogens with zero attached hydrogens (tertiary/aromatic N) is 2. The average molecular weight is 418 g/mol. The van der Waals surface area contributed by atoms with Crippen LogP contribution in [0.3, 0.4) is 0 Å². The number of aromatic nitrogens is 2. The molecule has 2 heterocycles. The number of Topliss-reactive ketones (excluding diaryl/α,β-unsaturated/α-hetero) is 1. The summed E-state index contributed by atoms with van der Waals surface area (Å²) in [5.41, 5.74) is 3.42. The number of ether oxygens (including phenoxy) is 1. The average Bonchev–Trinajstić information content (AvgIpc) is 3.10. The first-order valence-corrected chi connectivity index (χ1v) is 9.82. The Balaban J connectivity index is 1.64. The molecule has 0 spiro atoms. The number of nitrogens with one attached hydrogen (secondary N) is 2. The normalized spacial score (nSPS) is 15.1. The van der Waals surface area contributed by atoms with Gasteiger partial charge in [0.2, 0.25) is 11.8 Å². The van der Waals surface area contributed by atoms with Crippen molar-refractivity contribution >= 4 is 29.1 Å². The van der Waals surface area contributed by atoms with E-state index in [-0.39, 0.29) is 24.0 Å². The molecule has 1 aliphatic heterocycles. The van der Waals surface area contributed by atoms with E-state index in [0.717, 1.165) is 16.9 Å². The lowest BCUT2D eigenvalue weighted by atomic mass is 10.1. The predicted molar refractivity (Wildman–Crippen MR) is 116 cm³/mol. The number of methoxy groups -OCH3 is 1. The molecule has 8 heteroatoms. The zero-order valence-electron chi connectivity index (χ0n) is 17.4. The topological polar surface area (TPSA) is 102 Å². The second-order valence-corrected chi connectivity index (χ2v) is 7.39. The number of hydrogen-bond acceptors (Lipinski definition) is 5. The summed E-state index contributed by atoms with van der Waals surface area (Å²) in [5.74, 6) is 0.588. The maximum atomic E-state index is 13.0. The number of amides is 2. The molecule has 0 saturated heterocycles. The van der Waals surface area contributed by atoms with Gasteiger partial charge in [-0.05, 0) is 62.4 Å². The summed E-state index contributed by atoms with van der Waals surface area (Å²) >= 11 is 0. The summed E-state index contributed by atoms with van der Waals surface area (Å²) in [7, 11) is 1.60. The summed E-state index contributed by atoms with van der Waals surface area (Å²) in [5, 5.41) is 10.3. The summed E-state index contributed by atoms with van der Waals surface area (Å²) in [6.45, 7) is 3.34. The number of hydrogen-bond donors (Lipinski definition) is 2. The van der Waals surface area contributed by atoms with Gasteiger partial charge in [0.1, 0.15) is 17.6 Å². The molecule has 0 fully saturated rings. The Kier molecular flexibility index (Phi) is 5.29. The van der Waals surface area contributed by atoms with Crippen molar-refractivity contribution in [1.82, 2.24) is 9.78 Å². The van der Waals surface area contributed by atoms with E-state index in [1.54, 1.807) is 36.1 Å². The molecule has 1 aromatic heterocycles. The maximum Gasteiger partial charge on any atom is 0.249 e. The Labute approximate surface area is 179 Å². The lowest BCUT2D eigenvalue weighted by Gasteiger charge is -2.24. The summed E-state index contributed by atoms with van der Waals surface area (Å²) in [4.78, 5) is 36.7. The van der Waals surface area contributed by atoms with Crippen LogP contribution >= 0.6 is 0 Å². The van der Waals surface area contributed by atoms with E-state index in [1.807, 2.05) is 31.2 Å². The fourth-order valence-electron chi connectivity index (χ4n) is 3.58. The SMILES string of the molecule is COc1ccc(-c2nn3c(c2C)NC(=O)C[C@@H]3C(=O)Nc2ccc(C(C)=O)cc2)cc1. The fourth-order valence-corrected chi connectivity index (χ4v) is 3.58. The Morgan fingerprint density at radius 2 is 1.81 bits per heavy atom. The number of carbonyl (C=O) groups excluding carboxylic acids is 3. The highest BCUT2D eigenvalue weighted by Gasteiger charge is 2.34. The Hall–Kier alpha value is -3.94. The van der Waals surface area contributed by atoms with E-state index >= 15 is 0 Å². The van der Waals surface area contributed by atoms with Gasteiger partial charge in [0, 0.05) is 22.4 Å². The first-order chi connectivity index (χ1) is 14.9. The number of rotatable bonds is 5. The minimum Gasteiger partial charge on any atom is -0.497 e. The Bertz CT molecular complexity index is 1160. The first kappa shape index (κ1) is 20.3. The highest BCUT2D eigenvalue weighted by Crippen LogP contribution is 2.35. The molecule has 0 radical (unpaired) electrons. The lowest BCUT2D eigenvalue weighted by Crippen LogP contribution is -2.35. The third-order valence-electron chi connectivity index (χ3n) is 5.30. The highest BCUT2D eigenvalue weighted by atomic mass is 16.5. The van der Waals surface area contributed by atoms with Crippen LogP contribution in [0.5, 0.6) is 5.75 Å². The van der Waals surface area contributed by atoms with Gasteiger partial charge in [0.25, 0.3) is 0 Å². The lowest BCUT2D eigenvalue weighted by molar-refractivity contribution is -0.125. The second-order valence-electron chi connectivity index (χ2n) is 7.39. The van der Waals surface area contributed by atoms with Crippen LogP contribution in [0, 0.1) is 6.92 Å². The van der Waals surface area contributed by atoms with E-state index in [0.29, 0.717) is 22.8 Å². The molecule has 0 saturated carbocycles. The van der Waals surface area contributed by atoms with Crippen LogP contribution in [0.2, 0.25) is 0 Å². The van der Waals surface area contributed by atoms with Gasteiger partial charge < -0.3 is 15.4 Å². The van der Waals surface area contributed by atoms with Gasteiger partial charge in [-0.3, -0.25) is 14.4 Å². The van der Waals surface area contributed by atoms with E-state index in [9.17, 15) is 14.4 Å². The van der Waals surface area contributed by atoms with Crippen molar-refractivity contribution in [2.75, 3.05) is 17.7 Å². The smallest absolute Gasteiger partial charge is 0.249 e. The van der Waals surface area contributed by atoms with Crippen LogP contribution in [-0.2, 0) is 9.59 Å². The molecular formula is C23H22N4O4. The molecule has 0 aliphatic carbocycles. The quantitative estimate of drug-likeness (QED) is 0.617. The monoisotopic (exact) mass is 418 g/mol. The van der Waals surface area contributed by atoms with Gasteiger partial charge in [-0.1, -0.05) is 0 Å². The van der Waals surface area contributed by atoms with Crippen molar-refractivity contribution < 1.29 is 19.1 Å². The van der Waals surface area contributed by atoms with Gasteiger partial charge in [0.15, 0.2) is 5.78 Å². The van der Waals surface area contributed by atoms with E-state index in [1.165, 1.54) is 6.92 Å². The number of ketones is 1. The van der Waals surface area contributed by atoms with Crippen LogP contribution < -0.4 is 15.4 Å². The third kappa shape index (κ3) is 3.92. The molecule has 0 unspecified atom stereocenters. The Morgan fingerprint density at radius 3 is 2.42 bits per heavy atom. The van der Waals surface area contributed by atoms with E-state index < -0.39 is 6.04 Å². The van der Waals surface area contributed by atoms with Crippen LogP contribution in [0.15, 0.2) is 48.5 Å². The molecule has 31 heavy (non-hydrogen) atoms. The zero-order chi connectivity index (χ0) is 22.1. The van der Waals surface area contributed by atoms with Gasteiger partial charge in [-0.2, -0.15) is 5.10 Å². The number of carbonyl (C=O) groups is 3. The predicted octanol–water partition coefficient (Wildman–Crippen LogP) is 3.59. The summed E-state index contributed by atoms with van der Waals surface area (Å²) < 4.78 is 6.77. The van der Waals surface area contributed by atoms with Crippen molar-refractivity contribution in [3.63, 3.8) is 0 Å². The fraction of sp³-hybridized carbons (Fsp3) is 0.217. The Morgan fingerprint density at radius 1 is 1.13 bits per heavy atom. The molecule has 3 aromatic rings. The summed E-state index contributed by atoms with van der Waals surface area (Å²) in [6.07, 6.45) is -0.0203. The van der Waals surface area contributed by atoms with Crippen LogP contribution in [-0.4, -0.2) is 34.5 Å². The number of fused-ring (bicyclic) bond motifs is 1. The molecule has 0 bridgehead atoms. The molecule has 2 amide bonds. The van der Waals surface area contributed by atoms with Crippen molar-refractivity contribution in [3.8, 4) is 17.0 Å². The van der Waals surface area contributed by atoms with Gasteiger partial charge in [-0.25, -0.2) is 4.68 Å². The zero-order valence-corrected chi connectivity index (χ0v) is 17.4. The molecule has 1 atom stereocenters. The third-order valence-corrected chi connectivity index (χ3v) is 5.30. The van der Waals surface area contributed by atoms with Gasteiger partial charge in [0.05, 0.1) is 19.2 Å². The summed E-state index contributed by atoms with van der Waals surface area (Å²) in [6, 6.07) is 13.3. The van der Waals surface area contributed by atoms with Crippen molar-refractivity contribution in [1.29, 1.82) is 0 Å². The highest BCUT2D eigenvalue weighted by molar-refractivity contribution is 6.02. The first-order valence-electron chi connectivity index (χ1n) is 9.82. The van der Waals surface area contributed by atoms with Crippen LogP contribution in [0.1, 0.15) is 35.3 Å². The van der Waals surface area contributed by atoms with Crippen molar-refractivity contribution in [2.24, 2.45) is 0 Å². The minimum absolute atomic E-state index is 0.0203. The van der Waals surface area contributed by atoms with Crippen molar-refractivity contribution in [2.45, 2.75) is 26.3 Å². The van der Waals surface area contributed by atoms with Crippen molar-refractivity contribution in [3.05, 3.63) is 59.7 Å². The largest absolute Gasteiger partial charge is 0.497 e. The standard InChI is InChI=1S/C23H22N4O4/c1-13-21(16-6-10-18(31-3)11-7-16)26-27-19(12-20(29)25-22(13)27)23(30)24-17-8-4-15(5-9-17)14(2)28/h4-11,19H,12H2,1-3H3,(H,24,30)(H,25,29)/t19-/m1/s1. The molecule has 4 rings (SSSR count).